The highest BCUT2D eigenvalue weighted by Gasteiger charge is 2.36. The van der Waals surface area contributed by atoms with Gasteiger partial charge in [0.1, 0.15) is 0 Å². The van der Waals surface area contributed by atoms with E-state index in [2.05, 4.69) is 6.07 Å². The molecule has 2 unspecified atom stereocenters. The van der Waals surface area contributed by atoms with Crippen LogP contribution >= 0.6 is 0 Å². The molecule has 1 saturated heterocycles. The molecule has 2 rings (SSSR count). The molecule has 0 N–H and O–H groups in total. The maximum absolute atomic E-state index is 8.89. The molecule has 0 aromatic carbocycles. The van der Waals surface area contributed by atoms with Crippen molar-refractivity contribution in [1.29, 1.82) is 5.26 Å². The number of rotatable bonds is 0. The summed E-state index contributed by atoms with van der Waals surface area (Å²) in [5.41, 5.74) is 0. The molecule has 60 valence electrons. The SMILES string of the molecule is N#CC1C2CCCC1COC2. The third kappa shape index (κ3) is 1.14. The molecule has 1 saturated carbocycles. The molecular formula is C9H13NO. The minimum atomic E-state index is 0.303. The summed E-state index contributed by atoms with van der Waals surface area (Å²) < 4.78 is 5.42. The van der Waals surface area contributed by atoms with Crippen molar-refractivity contribution in [2.75, 3.05) is 13.2 Å². The van der Waals surface area contributed by atoms with E-state index in [0.29, 0.717) is 17.8 Å². The van der Waals surface area contributed by atoms with Crippen LogP contribution < -0.4 is 0 Å². The molecule has 0 aromatic heterocycles. The van der Waals surface area contributed by atoms with E-state index < -0.39 is 0 Å². The molecule has 0 radical (unpaired) electrons. The zero-order valence-corrected chi connectivity index (χ0v) is 6.62. The van der Waals surface area contributed by atoms with Gasteiger partial charge in [0.05, 0.1) is 25.2 Å². The van der Waals surface area contributed by atoms with E-state index in [1.165, 1.54) is 19.3 Å². The molecule has 2 fully saturated rings. The van der Waals surface area contributed by atoms with Crippen molar-refractivity contribution < 1.29 is 4.74 Å². The zero-order valence-electron chi connectivity index (χ0n) is 6.62. The van der Waals surface area contributed by atoms with E-state index in [9.17, 15) is 0 Å². The number of hydrogen-bond donors (Lipinski definition) is 0. The van der Waals surface area contributed by atoms with Gasteiger partial charge in [0.25, 0.3) is 0 Å². The second-order valence-corrected chi connectivity index (χ2v) is 3.64. The normalized spacial score (nSPS) is 43.0. The Balaban J connectivity index is 2.12. The Morgan fingerprint density at radius 2 is 1.82 bits per heavy atom. The van der Waals surface area contributed by atoms with Crippen molar-refractivity contribution >= 4 is 0 Å². The highest BCUT2D eigenvalue weighted by Crippen LogP contribution is 2.37. The first-order chi connectivity index (χ1) is 5.42. The highest BCUT2D eigenvalue weighted by atomic mass is 16.5. The van der Waals surface area contributed by atoms with Crippen LogP contribution in [0.1, 0.15) is 19.3 Å². The number of nitrogens with zero attached hydrogens (tertiary/aromatic N) is 1. The molecule has 2 bridgehead atoms. The van der Waals surface area contributed by atoms with Gasteiger partial charge in [0, 0.05) is 0 Å². The smallest absolute Gasteiger partial charge is 0.0663 e. The van der Waals surface area contributed by atoms with E-state index in [4.69, 9.17) is 10.00 Å². The fourth-order valence-electron chi connectivity index (χ4n) is 2.34. The lowest BCUT2D eigenvalue weighted by molar-refractivity contribution is -0.0362. The lowest BCUT2D eigenvalue weighted by atomic mass is 9.72. The van der Waals surface area contributed by atoms with Crippen LogP contribution in [0.25, 0.3) is 0 Å². The molecule has 0 amide bonds. The maximum Gasteiger partial charge on any atom is 0.0663 e. The predicted octanol–water partition coefficient (Wildman–Crippen LogP) is 1.57. The predicted molar refractivity (Wildman–Crippen MR) is 40.8 cm³/mol. The minimum Gasteiger partial charge on any atom is -0.381 e. The monoisotopic (exact) mass is 151 g/mol. The average molecular weight is 151 g/mol. The van der Waals surface area contributed by atoms with Gasteiger partial charge in [0.2, 0.25) is 0 Å². The largest absolute Gasteiger partial charge is 0.381 e. The minimum absolute atomic E-state index is 0.303. The summed E-state index contributed by atoms with van der Waals surface area (Å²) in [6, 6.07) is 2.43. The van der Waals surface area contributed by atoms with Crippen LogP contribution in [0.15, 0.2) is 0 Å². The fraction of sp³-hybridized carbons (Fsp3) is 0.889. The van der Waals surface area contributed by atoms with Gasteiger partial charge in [0.15, 0.2) is 0 Å². The fourth-order valence-corrected chi connectivity index (χ4v) is 2.34. The maximum atomic E-state index is 8.89. The van der Waals surface area contributed by atoms with Crippen LogP contribution in [-0.2, 0) is 4.74 Å². The second-order valence-electron chi connectivity index (χ2n) is 3.64. The van der Waals surface area contributed by atoms with Crippen LogP contribution in [0.2, 0.25) is 0 Å². The number of nitriles is 1. The molecule has 1 aliphatic heterocycles. The molecule has 1 heterocycles. The first-order valence-corrected chi connectivity index (χ1v) is 4.39. The van der Waals surface area contributed by atoms with E-state index >= 15 is 0 Å². The van der Waals surface area contributed by atoms with Crippen molar-refractivity contribution in [3.05, 3.63) is 0 Å². The second kappa shape index (κ2) is 2.83. The Morgan fingerprint density at radius 1 is 1.18 bits per heavy atom. The lowest BCUT2D eigenvalue weighted by Crippen LogP contribution is -2.38. The summed E-state index contributed by atoms with van der Waals surface area (Å²) in [4.78, 5) is 0. The summed E-state index contributed by atoms with van der Waals surface area (Å²) in [6.07, 6.45) is 3.71. The topological polar surface area (TPSA) is 33.0 Å². The van der Waals surface area contributed by atoms with Crippen molar-refractivity contribution in [2.24, 2.45) is 17.8 Å². The van der Waals surface area contributed by atoms with Gasteiger partial charge < -0.3 is 4.74 Å². The van der Waals surface area contributed by atoms with Crippen LogP contribution in [0.3, 0.4) is 0 Å². The summed E-state index contributed by atoms with van der Waals surface area (Å²) in [5, 5.41) is 8.89. The number of ether oxygens (including phenoxy) is 1. The van der Waals surface area contributed by atoms with Crippen molar-refractivity contribution in [3.8, 4) is 6.07 Å². The third-order valence-corrected chi connectivity index (χ3v) is 2.98. The van der Waals surface area contributed by atoms with E-state index in [0.717, 1.165) is 13.2 Å². The van der Waals surface area contributed by atoms with Crippen LogP contribution in [-0.4, -0.2) is 13.2 Å². The van der Waals surface area contributed by atoms with Gasteiger partial charge in [-0.2, -0.15) is 5.26 Å². The van der Waals surface area contributed by atoms with E-state index in [-0.39, 0.29) is 0 Å². The number of hydrogen-bond acceptors (Lipinski definition) is 2. The van der Waals surface area contributed by atoms with E-state index in [1.54, 1.807) is 0 Å². The Hall–Kier alpha value is -0.550. The molecule has 11 heavy (non-hydrogen) atoms. The lowest BCUT2D eigenvalue weighted by Gasteiger charge is -2.38. The highest BCUT2D eigenvalue weighted by molar-refractivity contribution is 4.97. The summed E-state index contributed by atoms with van der Waals surface area (Å²) in [7, 11) is 0. The molecule has 2 atom stereocenters. The van der Waals surface area contributed by atoms with Gasteiger partial charge in [-0.15, -0.1) is 0 Å². The quantitative estimate of drug-likeness (QED) is 0.526. The van der Waals surface area contributed by atoms with Gasteiger partial charge in [-0.1, -0.05) is 6.42 Å². The van der Waals surface area contributed by atoms with Crippen molar-refractivity contribution in [2.45, 2.75) is 19.3 Å². The first kappa shape index (κ1) is 7.12. The van der Waals surface area contributed by atoms with Gasteiger partial charge >= 0.3 is 0 Å². The van der Waals surface area contributed by atoms with Gasteiger partial charge in [-0.25, -0.2) is 0 Å². The molecule has 2 nitrogen and oxygen atoms in total. The summed E-state index contributed by atoms with van der Waals surface area (Å²) >= 11 is 0. The standard InChI is InChI=1S/C9H13NO/c10-4-9-7-2-1-3-8(9)6-11-5-7/h7-9H,1-3,5-6H2. The summed E-state index contributed by atoms with van der Waals surface area (Å²) in [6.45, 7) is 1.66. The Labute approximate surface area is 67.2 Å². The molecular weight excluding hydrogens is 138 g/mol. The molecule has 0 aromatic rings. The zero-order chi connectivity index (χ0) is 7.68. The number of fused-ring (bicyclic) bond motifs is 2. The first-order valence-electron chi connectivity index (χ1n) is 4.39. The average Bonchev–Trinajstić information content (AvgIpc) is 2.03. The van der Waals surface area contributed by atoms with Crippen molar-refractivity contribution in [1.82, 2.24) is 0 Å². The van der Waals surface area contributed by atoms with Crippen molar-refractivity contribution in [3.63, 3.8) is 0 Å². The molecule has 2 aliphatic rings. The Bertz CT molecular complexity index is 162. The van der Waals surface area contributed by atoms with Gasteiger partial charge in [-0.05, 0) is 24.7 Å². The molecule has 0 spiro atoms. The van der Waals surface area contributed by atoms with E-state index in [1.807, 2.05) is 0 Å². The Morgan fingerprint density at radius 3 is 2.27 bits per heavy atom. The Kier molecular flexibility index (Phi) is 1.83. The van der Waals surface area contributed by atoms with Crippen LogP contribution in [0.4, 0.5) is 0 Å². The summed E-state index contributed by atoms with van der Waals surface area (Å²) in [5.74, 6) is 1.40. The molecule has 1 aliphatic carbocycles. The molecule has 2 heteroatoms. The van der Waals surface area contributed by atoms with Crippen LogP contribution in [0.5, 0.6) is 0 Å². The van der Waals surface area contributed by atoms with Crippen LogP contribution in [0, 0.1) is 29.1 Å². The third-order valence-electron chi connectivity index (χ3n) is 2.98. The van der Waals surface area contributed by atoms with Gasteiger partial charge in [-0.3, -0.25) is 0 Å².